The highest BCUT2D eigenvalue weighted by molar-refractivity contribution is 5.84. The Morgan fingerprint density at radius 1 is 1.14 bits per heavy atom. The number of benzene rings is 1. The van der Waals surface area contributed by atoms with Crippen molar-refractivity contribution < 1.29 is 19.1 Å². The van der Waals surface area contributed by atoms with E-state index in [9.17, 15) is 9.59 Å². The second-order valence-electron chi connectivity index (χ2n) is 7.71. The molecule has 0 aliphatic rings. The third-order valence-electron chi connectivity index (χ3n) is 4.16. The summed E-state index contributed by atoms with van der Waals surface area (Å²) < 4.78 is 10.8. The molecule has 1 amide bonds. The van der Waals surface area contributed by atoms with Gasteiger partial charge >= 0.3 is 12.1 Å². The monoisotopic (exact) mass is 395 g/mol. The van der Waals surface area contributed by atoms with Crippen LogP contribution >= 0.6 is 0 Å². The van der Waals surface area contributed by atoms with E-state index >= 15 is 0 Å². The molecule has 0 spiro atoms. The van der Waals surface area contributed by atoms with Crippen LogP contribution in [0.2, 0.25) is 0 Å². The molecule has 29 heavy (non-hydrogen) atoms. The van der Waals surface area contributed by atoms with Crippen molar-refractivity contribution in [3.63, 3.8) is 0 Å². The van der Waals surface area contributed by atoms with Crippen molar-refractivity contribution in [1.82, 2.24) is 15.3 Å². The van der Waals surface area contributed by atoms with Crippen LogP contribution in [0, 0.1) is 0 Å². The number of pyridine rings is 1. The zero-order valence-electron chi connectivity index (χ0n) is 16.8. The largest absolute Gasteiger partial charge is 0.458 e. The highest BCUT2D eigenvalue weighted by Gasteiger charge is 2.28. The Hall–Kier alpha value is -3.35. The Kier molecular flexibility index (Phi) is 6.16. The molecule has 1 aromatic carbocycles. The van der Waals surface area contributed by atoms with E-state index in [1.165, 1.54) is 0 Å². The summed E-state index contributed by atoms with van der Waals surface area (Å²) in [4.78, 5) is 32.4. The molecular formula is C22H25N3O4. The van der Waals surface area contributed by atoms with Crippen LogP contribution < -0.4 is 5.32 Å². The number of carbonyl (C=O) groups excluding carboxylic acids is 2. The molecule has 0 fully saturated rings. The standard InChI is InChI=1S/C22H25N3O4/c1-22(2,3)29-20(26)18(12-16-13-24-19-17(16)10-7-11-23-19)25-21(27)28-14-15-8-5-4-6-9-15/h4-11,13,18H,12,14H2,1-3H3,(H,23,24)(H,25,27)/t18-/m1/s1. The summed E-state index contributed by atoms with van der Waals surface area (Å²) >= 11 is 0. The zero-order chi connectivity index (χ0) is 20.9. The molecule has 2 aromatic heterocycles. The van der Waals surface area contributed by atoms with Crippen molar-refractivity contribution in [2.45, 2.75) is 45.4 Å². The Morgan fingerprint density at radius 3 is 2.62 bits per heavy atom. The Balaban J connectivity index is 1.72. The number of alkyl carbamates (subject to hydrolysis) is 1. The number of fused-ring (bicyclic) bond motifs is 1. The second kappa shape index (κ2) is 8.77. The first-order chi connectivity index (χ1) is 13.8. The van der Waals surface area contributed by atoms with Crippen LogP contribution in [0.25, 0.3) is 11.0 Å². The Labute approximate surface area is 169 Å². The molecule has 0 aliphatic carbocycles. The number of hydrogen-bond donors (Lipinski definition) is 2. The second-order valence-corrected chi connectivity index (χ2v) is 7.71. The van der Waals surface area contributed by atoms with E-state index in [0.717, 1.165) is 22.2 Å². The van der Waals surface area contributed by atoms with Gasteiger partial charge in [0.2, 0.25) is 0 Å². The molecule has 0 radical (unpaired) electrons. The van der Waals surface area contributed by atoms with Gasteiger partial charge in [0, 0.05) is 24.2 Å². The molecule has 0 aliphatic heterocycles. The summed E-state index contributed by atoms with van der Waals surface area (Å²) in [5.74, 6) is -0.521. The first-order valence-electron chi connectivity index (χ1n) is 9.43. The van der Waals surface area contributed by atoms with Crippen molar-refractivity contribution in [2.24, 2.45) is 0 Å². The maximum Gasteiger partial charge on any atom is 0.408 e. The lowest BCUT2D eigenvalue weighted by molar-refractivity contribution is -0.157. The van der Waals surface area contributed by atoms with E-state index in [-0.39, 0.29) is 13.0 Å². The summed E-state index contributed by atoms with van der Waals surface area (Å²) in [6.45, 7) is 5.46. The van der Waals surface area contributed by atoms with Crippen molar-refractivity contribution in [3.8, 4) is 0 Å². The molecule has 0 saturated carbocycles. The number of carbonyl (C=O) groups is 2. The molecule has 3 aromatic rings. The average molecular weight is 395 g/mol. The van der Waals surface area contributed by atoms with Crippen molar-refractivity contribution in [1.29, 1.82) is 0 Å². The highest BCUT2D eigenvalue weighted by Crippen LogP contribution is 2.19. The van der Waals surface area contributed by atoms with Crippen LogP contribution in [0.15, 0.2) is 54.9 Å². The summed E-state index contributed by atoms with van der Waals surface area (Å²) in [6.07, 6.45) is 3.04. The van der Waals surface area contributed by atoms with Gasteiger partial charge < -0.3 is 19.8 Å². The molecule has 0 bridgehead atoms. The minimum Gasteiger partial charge on any atom is -0.458 e. The van der Waals surface area contributed by atoms with Gasteiger partial charge in [-0.2, -0.15) is 0 Å². The van der Waals surface area contributed by atoms with E-state index in [1.54, 1.807) is 33.2 Å². The van der Waals surface area contributed by atoms with E-state index in [0.29, 0.717) is 0 Å². The molecule has 1 atom stereocenters. The fourth-order valence-electron chi connectivity index (χ4n) is 2.87. The fraction of sp³-hybridized carbons (Fsp3) is 0.318. The van der Waals surface area contributed by atoms with Crippen LogP contribution in [0.4, 0.5) is 4.79 Å². The topological polar surface area (TPSA) is 93.3 Å². The minimum absolute atomic E-state index is 0.116. The van der Waals surface area contributed by atoms with E-state index in [2.05, 4.69) is 15.3 Å². The number of amides is 1. The van der Waals surface area contributed by atoms with Crippen molar-refractivity contribution >= 4 is 23.1 Å². The molecule has 2 N–H and O–H groups in total. The van der Waals surface area contributed by atoms with Gasteiger partial charge in [0.15, 0.2) is 0 Å². The van der Waals surface area contributed by atoms with Gasteiger partial charge in [0.25, 0.3) is 0 Å². The van der Waals surface area contributed by atoms with Crippen LogP contribution in [0.3, 0.4) is 0 Å². The lowest BCUT2D eigenvalue weighted by Gasteiger charge is -2.24. The van der Waals surface area contributed by atoms with Gasteiger partial charge in [0.05, 0.1) is 0 Å². The summed E-state index contributed by atoms with van der Waals surface area (Å²) in [5.41, 5.74) is 1.76. The molecule has 2 heterocycles. The van der Waals surface area contributed by atoms with Crippen LogP contribution in [-0.2, 0) is 27.3 Å². The van der Waals surface area contributed by atoms with Gasteiger partial charge in [-0.3, -0.25) is 0 Å². The maximum absolute atomic E-state index is 12.7. The third-order valence-corrected chi connectivity index (χ3v) is 4.16. The van der Waals surface area contributed by atoms with Crippen LogP contribution in [0.1, 0.15) is 31.9 Å². The lowest BCUT2D eigenvalue weighted by Crippen LogP contribution is -2.45. The molecule has 7 nitrogen and oxygen atoms in total. The van der Waals surface area contributed by atoms with Gasteiger partial charge in [-0.1, -0.05) is 30.3 Å². The number of aromatic amines is 1. The number of aromatic nitrogens is 2. The van der Waals surface area contributed by atoms with Crippen LogP contribution in [0.5, 0.6) is 0 Å². The number of nitrogens with zero attached hydrogens (tertiary/aromatic N) is 1. The third kappa shape index (κ3) is 5.81. The summed E-state index contributed by atoms with van der Waals surface area (Å²) in [6, 6.07) is 12.2. The predicted molar refractivity (Wildman–Crippen MR) is 109 cm³/mol. The molecule has 7 heteroatoms. The van der Waals surface area contributed by atoms with Gasteiger partial charge in [-0.15, -0.1) is 0 Å². The highest BCUT2D eigenvalue weighted by atomic mass is 16.6. The van der Waals surface area contributed by atoms with Crippen molar-refractivity contribution in [2.75, 3.05) is 0 Å². The molecule has 0 unspecified atom stereocenters. The van der Waals surface area contributed by atoms with Gasteiger partial charge in [-0.05, 0) is 44.0 Å². The minimum atomic E-state index is -0.892. The van der Waals surface area contributed by atoms with Gasteiger partial charge in [0.1, 0.15) is 23.9 Å². The van der Waals surface area contributed by atoms with E-state index in [4.69, 9.17) is 9.47 Å². The zero-order valence-corrected chi connectivity index (χ0v) is 16.8. The Morgan fingerprint density at radius 2 is 1.90 bits per heavy atom. The number of H-pyrrole nitrogens is 1. The van der Waals surface area contributed by atoms with E-state index < -0.39 is 23.7 Å². The van der Waals surface area contributed by atoms with Crippen molar-refractivity contribution in [3.05, 3.63) is 66.0 Å². The lowest BCUT2D eigenvalue weighted by atomic mass is 10.1. The molecule has 0 saturated heterocycles. The molecular weight excluding hydrogens is 370 g/mol. The fourth-order valence-corrected chi connectivity index (χ4v) is 2.87. The first kappa shape index (κ1) is 20.4. The number of hydrogen-bond acceptors (Lipinski definition) is 5. The van der Waals surface area contributed by atoms with Crippen LogP contribution in [-0.4, -0.2) is 33.7 Å². The Bertz CT molecular complexity index is 976. The summed E-state index contributed by atoms with van der Waals surface area (Å²) in [7, 11) is 0. The number of rotatable bonds is 6. The van der Waals surface area contributed by atoms with E-state index in [1.807, 2.05) is 42.5 Å². The normalized spacial score (nSPS) is 12.4. The number of nitrogens with one attached hydrogen (secondary N) is 2. The summed E-state index contributed by atoms with van der Waals surface area (Å²) in [5, 5.41) is 3.53. The first-order valence-corrected chi connectivity index (χ1v) is 9.43. The number of ether oxygens (including phenoxy) is 2. The maximum atomic E-state index is 12.7. The SMILES string of the molecule is CC(C)(C)OC(=O)[C@@H](Cc1c[nH]c2ncccc12)NC(=O)OCc1ccccc1. The smallest absolute Gasteiger partial charge is 0.408 e. The van der Waals surface area contributed by atoms with Gasteiger partial charge in [-0.25, -0.2) is 14.6 Å². The molecule has 3 rings (SSSR count). The predicted octanol–water partition coefficient (Wildman–Crippen LogP) is 3.74. The average Bonchev–Trinajstić information content (AvgIpc) is 3.08. The quantitative estimate of drug-likeness (QED) is 0.620. The molecule has 152 valence electrons. The number of esters is 1.